The lowest BCUT2D eigenvalue weighted by Gasteiger charge is -2.13. The summed E-state index contributed by atoms with van der Waals surface area (Å²) in [7, 11) is 0. The minimum atomic E-state index is -0.261. The minimum absolute atomic E-state index is 0. The van der Waals surface area contributed by atoms with E-state index in [0.29, 0.717) is 29.0 Å². The third-order valence-electron chi connectivity index (χ3n) is 3.12. The minimum Gasteiger partial charge on any atom is -0.330 e. The van der Waals surface area contributed by atoms with Gasteiger partial charge in [0.25, 0.3) is 0 Å². The highest BCUT2D eigenvalue weighted by molar-refractivity contribution is 6.42. The summed E-state index contributed by atoms with van der Waals surface area (Å²) < 4.78 is 1.65. The average Bonchev–Trinajstić information content (AvgIpc) is 2.90. The maximum Gasteiger partial charge on any atom is 0.229 e. The Kier molecular flexibility index (Phi) is 7.16. The maximum atomic E-state index is 11.9. The summed E-state index contributed by atoms with van der Waals surface area (Å²) in [4.78, 5) is 11.9. The van der Waals surface area contributed by atoms with Crippen LogP contribution in [0.4, 0.5) is 5.82 Å². The van der Waals surface area contributed by atoms with Gasteiger partial charge in [-0.1, -0.05) is 42.3 Å². The second-order valence-electron chi connectivity index (χ2n) is 4.71. The number of anilines is 1. The maximum absolute atomic E-state index is 11.9. The van der Waals surface area contributed by atoms with E-state index in [9.17, 15) is 4.79 Å². The van der Waals surface area contributed by atoms with E-state index in [1.54, 1.807) is 29.9 Å². The van der Waals surface area contributed by atoms with Crippen molar-refractivity contribution >= 4 is 47.3 Å². The van der Waals surface area contributed by atoms with E-state index in [-0.39, 0.29) is 24.2 Å². The summed E-state index contributed by atoms with van der Waals surface area (Å²) in [6.07, 6.45) is 1.61. The molecule has 0 saturated heterocycles. The van der Waals surface area contributed by atoms with Crippen molar-refractivity contribution in [2.45, 2.75) is 13.5 Å². The van der Waals surface area contributed by atoms with Gasteiger partial charge < -0.3 is 11.1 Å². The van der Waals surface area contributed by atoms with Gasteiger partial charge in [0.2, 0.25) is 5.91 Å². The zero-order valence-electron chi connectivity index (χ0n) is 11.9. The first-order chi connectivity index (χ1) is 10.0. The normalized spacial score (nSPS) is 11.6. The topological polar surface area (TPSA) is 72.9 Å². The molecule has 1 aromatic heterocycles. The largest absolute Gasteiger partial charge is 0.330 e. The number of nitrogens with one attached hydrogen (secondary N) is 1. The molecular formula is C14H17Cl3N4O. The summed E-state index contributed by atoms with van der Waals surface area (Å²) >= 11 is 12.2. The lowest BCUT2D eigenvalue weighted by molar-refractivity contribution is -0.119. The number of nitrogens with zero attached hydrogens (tertiary/aromatic N) is 2. The third kappa shape index (κ3) is 4.36. The van der Waals surface area contributed by atoms with E-state index in [1.165, 1.54) is 0 Å². The number of rotatable bonds is 5. The highest BCUT2D eigenvalue weighted by atomic mass is 35.5. The fourth-order valence-corrected chi connectivity index (χ4v) is 2.13. The molecule has 1 atom stereocenters. The van der Waals surface area contributed by atoms with Gasteiger partial charge in [-0.15, -0.1) is 12.4 Å². The van der Waals surface area contributed by atoms with Crippen LogP contribution in [0.5, 0.6) is 0 Å². The van der Waals surface area contributed by atoms with Gasteiger partial charge in [0.05, 0.1) is 22.8 Å². The molecule has 1 unspecified atom stereocenters. The SMILES string of the molecule is CC(CN)C(=O)Nc1ccnn1Cc1cccc(Cl)c1Cl.Cl. The number of carbonyl (C=O) groups is 1. The van der Waals surface area contributed by atoms with E-state index >= 15 is 0 Å². The third-order valence-corrected chi connectivity index (χ3v) is 3.98. The van der Waals surface area contributed by atoms with E-state index < -0.39 is 0 Å². The summed E-state index contributed by atoms with van der Waals surface area (Å²) in [5.74, 6) is 0.191. The number of carbonyl (C=O) groups excluding carboxylic acids is 1. The van der Waals surface area contributed by atoms with Gasteiger partial charge in [-0.3, -0.25) is 4.79 Å². The van der Waals surface area contributed by atoms with Gasteiger partial charge in [0, 0.05) is 18.5 Å². The fraction of sp³-hybridized carbons (Fsp3) is 0.286. The Hall–Kier alpha value is -1.27. The molecule has 0 aliphatic heterocycles. The van der Waals surface area contributed by atoms with Crippen LogP contribution in [0.3, 0.4) is 0 Å². The molecule has 1 amide bonds. The number of benzene rings is 1. The van der Waals surface area contributed by atoms with Gasteiger partial charge >= 0.3 is 0 Å². The van der Waals surface area contributed by atoms with Crippen molar-refractivity contribution in [3.63, 3.8) is 0 Å². The van der Waals surface area contributed by atoms with Crippen molar-refractivity contribution in [3.8, 4) is 0 Å². The molecule has 5 nitrogen and oxygen atoms in total. The molecule has 0 spiro atoms. The van der Waals surface area contributed by atoms with Crippen LogP contribution in [0.1, 0.15) is 12.5 Å². The van der Waals surface area contributed by atoms with Crippen molar-refractivity contribution in [1.82, 2.24) is 9.78 Å². The van der Waals surface area contributed by atoms with Crippen molar-refractivity contribution in [1.29, 1.82) is 0 Å². The second kappa shape index (κ2) is 8.39. The first-order valence-electron chi connectivity index (χ1n) is 6.48. The van der Waals surface area contributed by atoms with E-state index in [0.717, 1.165) is 5.56 Å². The average molecular weight is 364 g/mol. The standard InChI is InChI=1S/C14H16Cl2N4O.ClH/c1-9(7-17)14(21)19-12-5-6-18-20(12)8-10-3-2-4-11(15)13(10)16;/h2-6,9H,7-8,17H2,1H3,(H,19,21);1H. The molecule has 22 heavy (non-hydrogen) atoms. The molecule has 0 bridgehead atoms. The number of hydrogen-bond acceptors (Lipinski definition) is 3. The van der Waals surface area contributed by atoms with Crippen molar-refractivity contribution < 1.29 is 4.79 Å². The number of aromatic nitrogens is 2. The van der Waals surface area contributed by atoms with Crippen LogP contribution in [0, 0.1) is 5.92 Å². The Morgan fingerprint density at radius 1 is 1.41 bits per heavy atom. The van der Waals surface area contributed by atoms with Crippen LogP contribution in [-0.4, -0.2) is 22.2 Å². The summed E-state index contributed by atoms with van der Waals surface area (Å²) in [6, 6.07) is 7.13. The van der Waals surface area contributed by atoms with Crippen LogP contribution in [0.25, 0.3) is 0 Å². The first kappa shape index (κ1) is 18.8. The Morgan fingerprint density at radius 2 is 2.14 bits per heavy atom. The molecule has 0 aliphatic rings. The molecule has 0 fully saturated rings. The second-order valence-corrected chi connectivity index (χ2v) is 5.50. The highest BCUT2D eigenvalue weighted by Gasteiger charge is 2.14. The molecule has 8 heteroatoms. The van der Waals surface area contributed by atoms with Gasteiger partial charge in [0.15, 0.2) is 0 Å². The van der Waals surface area contributed by atoms with E-state index in [2.05, 4.69) is 10.4 Å². The van der Waals surface area contributed by atoms with Crippen LogP contribution in [0.15, 0.2) is 30.5 Å². The van der Waals surface area contributed by atoms with Gasteiger partial charge in [-0.2, -0.15) is 5.10 Å². The van der Waals surface area contributed by atoms with Gasteiger partial charge in [-0.25, -0.2) is 4.68 Å². The summed E-state index contributed by atoms with van der Waals surface area (Å²) in [5, 5.41) is 7.97. The van der Waals surface area contributed by atoms with E-state index in [1.807, 2.05) is 12.1 Å². The zero-order valence-corrected chi connectivity index (χ0v) is 14.3. The summed E-state index contributed by atoms with van der Waals surface area (Å²) in [6.45, 7) is 2.48. The molecule has 1 heterocycles. The Balaban J connectivity index is 0.00000242. The number of nitrogens with two attached hydrogens (primary N) is 1. The Bertz CT molecular complexity index is 645. The molecular weight excluding hydrogens is 347 g/mol. The van der Waals surface area contributed by atoms with E-state index in [4.69, 9.17) is 28.9 Å². The number of amides is 1. The smallest absolute Gasteiger partial charge is 0.229 e. The van der Waals surface area contributed by atoms with Crippen LogP contribution < -0.4 is 11.1 Å². The summed E-state index contributed by atoms with van der Waals surface area (Å²) in [5.41, 5.74) is 6.31. The van der Waals surface area contributed by atoms with Crippen molar-refractivity contribution in [2.24, 2.45) is 11.7 Å². The van der Waals surface area contributed by atoms with Crippen LogP contribution in [0.2, 0.25) is 10.0 Å². The molecule has 0 saturated carbocycles. The zero-order chi connectivity index (χ0) is 15.4. The Labute approximate surface area is 145 Å². The van der Waals surface area contributed by atoms with Crippen molar-refractivity contribution in [2.75, 3.05) is 11.9 Å². The first-order valence-corrected chi connectivity index (χ1v) is 7.24. The molecule has 0 radical (unpaired) electrons. The molecule has 3 N–H and O–H groups in total. The fourth-order valence-electron chi connectivity index (χ4n) is 1.75. The van der Waals surface area contributed by atoms with Crippen LogP contribution in [-0.2, 0) is 11.3 Å². The number of hydrogen-bond donors (Lipinski definition) is 2. The van der Waals surface area contributed by atoms with Gasteiger partial charge in [0.1, 0.15) is 5.82 Å². The molecule has 1 aromatic carbocycles. The highest BCUT2D eigenvalue weighted by Crippen LogP contribution is 2.26. The lowest BCUT2D eigenvalue weighted by atomic mass is 10.2. The van der Waals surface area contributed by atoms with Gasteiger partial charge in [-0.05, 0) is 11.6 Å². The molecule has 2 rings (SSSR count). The molecule has 0 aliphatic carbocycles. The predicted molar refractivity (Wildman–Crippen MR) is 91.9 cm³/mol. The quantitative estimate of drug-likeness (QED) is 0.857. The van der Waals surface area contributed by atoms with Crippen LogP contribution >= 0.6 is 35.6 Å². The van der Waals surface area contributed by atoms with Crippen molar-refractivity contribution in [3.05, 3.63) is 46.1 Å². The Morgan fingerprint density at radius 3 is 2.82 bits per heavy atom. The molecule has 2 aromatic rings. The monoisotopic (exact) mass is 362 g/mol. The molecule has 120 valence electrons. The number of halogens is 3. The lowest BCUT2D eigenvalue weighted by Crippen LogP contribution is -2.27. The predicted octanol–water partition coefficient (Wildman–Crippen LogP) is 3.19.